The van der Waals surface area contributed by atoms with Crippen LogP contribution in [0.2, 0.25) is 0 Å². The third kappa shape index (κ3) is 9.03. The molecule has 3 amide bonds. The van der Waals surface area contributed by atoms with Gasteiger partial charge in [0.15, 0.2) is 0 Å². The molecule has 4 rings (SSSR count). The molecular formula is C32H28N4O6S. The number of para-hydroxylation sites is 1. The average molecular weight is 597 g/mol. The average Bonchev–Trinajstić information content (AvgIpc) is 3.02. The molecule has 0 aromatic heterocycles. The Morgan fingerprint density at radius 3 is 2.14 bits per heavy atom. The van der Waals surface area contributed by atoms with Crippen LogP contribution in [0.4, 0.5) is 17.1 Å². The van der Waals surface area contributed by atoms with Gasteiger partial charge in [0.2, 0.25) is 5.91 Å². The SMILES string of the molecule is CCOc1ccc(NC(=O)CSc2ccc(NC(=O)/C(=C/c3ccccc3[N+](=O)[O-])NC(=O)c3ccccc3)cc2)cc1. The monoisotopic (exact) mass is 596 g/mol. The van der Waals surface area contributed by atoms with Crippen molar-refractivity contribution in [1.29, 1.82) is 0 Å². The Kier molecular flexibility index (Phi) is 10.6. The second-order valence-corrected chi connectivity index (χ2v) is 10.0. The molecule has 0 aliphatic rings. The number of ether oxygens (including phenoxy) is 1. The van der Waals surface area contributed by atoms with Crippen LogP contribution in [0.5, 0.6) is 5.75 Å². The van der Waals surface area contributed by atoms with Crippen molar-refractivity contribution in [1.82, 2.24) is 5.32 Å². The predicted octanol–water partition coefficient (Wildman–Crippen LogP) is 6.13. The number of carbonyl (C=O) groups excluding carboxylic acids is 3. The van der Waals surface area contributed by atoms with E-state index in [1.807, 2.05) is 6.92 Å². The van der Waals surface area contributed by atoms with Crippen LogP contribution >= 0.6 is 11.8 Å². The molecule has 0 aliphatic carbocycles. The summed E-state index contributed by atoms with van der Waals surface area (Å²) in [6, 6.07) is 28.1. The number of thioether (sulfide) groups is 1. The summed E-state index contributed by atoms with van der Waals surface area (Å²) in [6.07, 6.45) is 1.27. The number of hydrogen-bond acceptors (Lipinski definition) is 7. The molecule has 0 bridgehead atoms. The van der Waals surface area contributed by atoms with Gasteiger partial charge in [-0.15, -0.1) is 11.8 Å². The first-order chi connectivity index (χ1) is 20.8. The molecule has 0 atom stereocenters. The molecule has 0 fully saturated rings. The number of rotatable bonds is 12. The summed E-state index contributed by atoms with van der Waals surface area (Å²) in [5.41, 5.74) is 1.17. The van der Waals surface area contributed by atoms with E-state index in [-0.39, 0.29) is 28.6 Å². The van der Waals surface area contributed by atoms with Gasteiger partial charge in [0, 0.05) is 27.9 Å². The third-order valence-electron chi connectivity index (χ3n) is 5.89. The molecule has 10 nitrogen and oxygen atoms in total. The van der Waals surface area contributed by atoms with Crippen molar-refractivity contribution in [2.75, 3.05) is 23.0 Å². The number of benzene rings is 4. The lowest BCUT2D eigenvalue weighted by Crippen LogP contribution is -2.30. The minimum atomic E-state index is -0.669. The molecule has 0 heterocycles. The summed E-state index contributed by atoms with van der Waals surface area (Å²) in [6.45, 7) is 2.46. The maximum absolute atomic E-state index is 13.3. The number of nitrogens with zero attached hydrogens (tertiary/aromatic N) is 1. The normalized spacial score (nSPS) is 10.9. The first-order valence-corrected chi connectivity index (χ1v) is 14.2. The Balaban J connectivity index is 1.42. The van der Waals surface area contributed by atoms with Gasteiger partial charge in [-0.3, -0.25) is 24.5 Å². The van der Waals surface area contributed by atoms with Crippen LogP contribution in [0.25, 0.3) is 6.08 Å². The van der Waals surface area contributed by atoms with Gasteiger partial charge in [-0.25, -0.2) is 0 Å². The number of hydrogen-bond donors (Lipinski definition) is 3. The van der Waals surface area contributed by atoms with Crippen LogP contribution < -0.4 is 20.7 Å². The quantitative estimate of drug-likeness (QED) is 0.0773. The number of carbonyl (C=O) groups is 3. The Hall–Kier alpha value is -5.42. The zero-order valence-corrected chi connectivity index (χ0v) is 23.9. The zero-order chi connectivity index (χ0) is 30.6. The number of amides is 3. The molecule has 0 unspecified atom stereocenters. The van der Waals surface area contributed by atoms with Gasteiger partial charge in [0.25, 0.3) is 17.5 Å². The van der Waals surface area contributed by atoms with E-state index in [4.69, 9.17) is 4.74 Å². The molecule has 0 saturated carbocycles. The molecule has 0 saturated heterocycles. The molecule has 0 aliphatic heterocycles. The predicted molar refractivity (Wildman–Crippen MR) is 167 cm³/mol. The summed E-state index contributed by atoms with van der Waals surface area (Å²) in [5, 5.41) is 19.6. The fourth-order valence-electron chi connectivity index (χ4n) is 3.85. The van der Waals surface area contributed by atoms with E-state index in [9.17, 15) is 24.5 Å². The topological polar surface area (TPSA) is 140 Å². The fraction of sp³-hybridized carbons (Fsp3) is 0.0938. The van der Waals surface area contributed by atoms with Crippen LogP contribution in [-0.4, -0.2) is 35.0 Å². The van der Waals surface area contributed by atoms with Gasteiger partial charge in [-0.1, -0.05) is 30.3 Å². The van der Waals surface area contributed by atoms with E-state index in [2.05, 4.69) is 16.0 Å². The van der Waals surface area contributed by atoms with Crippen molar-refractivity contribution in [3.8, 4) is 5.75 Å². The van der Waals surface area contributed by atoms with Crippen LogP contribution in [0, 0.1) is 10.1 Å². The molecule has 4 aromatic carbocycles. The van der Waals surface area contributed by atoms with Gasteiger partial charge in [0.05, 0.1) is 22.8 Å². The highest BCUT2D eigenvalue weighted by Gasteiger charge is 2.18. The second-order valence-electron chi connectivity index (χ2n) is 8.97. The standard InChI is InChI=1S/C32H28N4O6S/c1-2-42-26-16-12-24(13-17-26)33-30(37)21-43-27-18-14-25(15-19-27)34-32(39)28(35-31(38)22-8-4-3-5-9-22)20-23-10-6-7-11-29(23)36(40)41/h3-20H,2,21H2,1H3,(H,33,37)(H,34,39)(H,35,38)/b28-20-. The van der Waals surface area contributed by atoms with Crippen LogP contribution in [0.1, 0.15) is 22.8 Å². The number of nitrogens with one attached hydrogen (secondary N) is 3. The minimum Gasteiger partial charge on any atom is -0.494 e. The van der Waals surface area contributed by atoms with Crippen LogP contribution in [-0.2, 0) is 9.59 Å². The summed E-state index contributed by atoms with van der Waals surface area (Å²) >= 11 is 1.32. The van der Waals surface area contributed by atoms with Gasteiger partial charge in [-0.05, 0) is 79.7 Å². The van der Waals surface area contributed by atoms with E-state index in [0.29, 0.717) is 23.5 Å². The largest absolute Gasteiger partial charge is 0.494 e. The Morgan fingerprint density at radius 1 is 0.837 bits per heavy atom. The first-order valence-electron chi connectivity index (χ1n) is 13.2. The zero-order valence-electron chi connectivity index (χ0n) is 23.1. The summed E-state index contributed by atoms with van der Waals surface area (Å²) in [4.78, 5) is 50.3. The van der Waals surface area contributed by atoms with E-state index < -0.39 is 16.7 Å². The maximum Gasteiger partial charge on any atom is 0.276 e. The van der Waals surface area contributed by atoms with Gasteiger partial charge < -0.3 is 20.7 Å². The Morgan fingerprint density at radius 2 is 1.47 bits per heavy atom. The minimum absolute atomic E-state index is 0.154. The van der Waals surface area contributed by atoms with Crippen molar-refractivity contribution < 1.29 is 24.0 Å². The molecule has 218 valence electrons. The van der Waals surface area contributed by atoms with Gasteiger partial charge >= 0.3 is 0 Å². The summed E-state index contributed by atoms with van der Waals surface area (Å²) in [7, 11) is 0. The fourth-order valence-corrected chi connectivity index (χ4v) is 4.55. The highest BCUT2D eigenvalue weighted by molar-refractivity contribution is 8.00. The van der Waals surface area contributed by atoms with Gasteiger partial charge in [-0.2, -0.15) is 0 Å². The van der Waals surface area contributed by atoms with Crippen molar-refractivity contribution in [2.24, 2.45) is 0 Å². The molecule has 4 aromatic rings. The van der Waals surface area contributed by atoms with Crippen molar-refractivity contribution in [3.05, 3.63) is 130 Å². The molecule has 11 heteroatoms. The number of nitro groups is 1. The Labute approximate surface area is 252 Å². The van der Waals surface area contributed by atoms with Crippen LogP contribution in [0.3, 0.4) is 0 Å². The maximum atomic E-state index is 13.3. The molecule has 43 heavy (non-hydrogen) atoms. The highest BCUT2D eigenvalue weighted by atomic mass is 32.2. The summed E-state index contributed by atoms with van der Waals surface area (Å²) in [5.74, 6) is -0.490. The van der Waals surface area contributed by atoms with Crippen molar-refractivity contribution in [2.45, 2.75) is 11.8 Å². The van der Waals surface area contributed by atoms with E-state index >= 15 is 0 Å². The molecule has 0 radical (unpaired) electrons. The lowest BCUT2D eigenvalue weighted by molar-refractivity contribution is -0.385. The van der Waals surface area contributed by atoms with Crippen molar-refractivity contribution in [3.63, 3.8) is 0 Å². The van der Waals surface area contributed by atoms with E-state index in [0.717, 1.165) is 10.6 Å². The smallest absolute Gasteiger partial charge is 0.276 e. The molecular weight excluding hydrogens is 568 g/mol. The molecule has 3 N–H and O–H groups in total. The van der Waals surface area contributed by atoms with E-state index in [1.54, 1.807) is 84.9 Å². The lowest BCUT2D eigenvalue weighted by Gasteiger charge is -2.12. The highest BCUT2D eigenvalue weighted by Crippen LogP contribution is 2.23. The molecule has 0 spiro atoms. The first kappa shape index (κ1) is 30.5. The lowest BCUT2D eigenvalue weighted by atomic mass is 10.1. The summed E-state index contributed by atoms with van der Waals surface area (Å²) < 4.78 is 5.40. The van der Waals surface area contributed by atoms with E-state index in [1.165, 1.54) is 36.0 Å². The van der Waals surface area contributed by atoms with Crippen molar-refractivity contribution >= 4 is 52.6 Å². The third-order valence-corrected chi connectivity index (χ3v) is 6.91. The van der Waals surface area contributed by atoms with Crippen LogP contribution in [0.15, 0.2) is 114 Å². The number of anilines is 2. The number of nitro benzene ring substituents is 1. The van der Waals surface area contributed by atoms with Gasteiger partial charge in [0.1, 0.15) is 11.4 Å². The Bertz CT molecular complexity index is 1620. The second kappa shape index (κ2) is 15.0.